The molecule has 2 heterocycles. The van der Waals surface area contributed by atoms with Crippen LogP contribution in [0.2, 0.25) is 0 Å². The summed E-state index contributed by atoms with van der Waals surface area (Å²) in [5.41, 5.74) is 2.90. The first kappa shape index (κ1) is 16.1. The highest BCUT2D eigenvalue weighted by atomic mass is 32.1. The maximum Gasteiger partial charge on any atom is 0.331 e. The Bertz CT molecular complexity index is 853. The van der Waals surface area contributed by atoms with Crippen LogP contribution in [0.25, 0.3) is 17.5 Å². The van der Waals surface area contributed by atoms with Crippen LogP contribution in [0.15, 0.2) is 51.6 Å². The largest absolute Gasteiger partial charge is 0.449 e. The van der Waals surface area contributed by atoms with Gasteiger partial charge in [0.25, 0.3) is 5.89 Å². The van der Waals surface area contributed by atoms with Crippen LogP contribution < -0.4 is 0 Å². The molecular formula is C18H16N2O3S. The Balaban J connectivity index is 1.65. The van der Waals surface area contributed by atoms with E-state index in [1.54, 1.807) is 24.3 Å². The molecule has 1 atom stereocenters. The topological polar surface area (TPSA) is 65.2 Å². The second-order valence-corrected chi connectivity index (χ2v) is 6.06. The van der Waals surface area contributed by atoms with Crippen LogP contribution in [0.4, 0.5) is 0 Å². The average Bonchev–Trinajstić information content (AvgIpc) is 3.24. The third kappa shape index (κ3) is 3.97. The molecule has 5 nitrogen and oxygen atoms in total. The third-order valence-electron chi connectivity index (χ3n) is 3.30. The summed E-state index contributed by atoms with van der Waals surface area (Å²) >= 11 is 1.57. The average molecular weight is 340 g/mol. The molecule has 0 fully saturated rings. The van der Waals surface area contributed by atoms with Crippen molar-refractivity contribution in [2.45, 2.75) is 20.0 Å². The molecule has 0 aliphatic carbocycles. The third-order valence-corrected chi connectivity index (χ3v) is 4.00. The lowest BCUT2D eigenvalue weighted by Gasteiger charge is -2.06. The van der Waals surface area contributed by atoms with Gasteiger partial charge in [-0.2, -0.15) is 11.3 Å². The van der Waals surface area contributed by atoms with Gasteiger partial charge in [-0.05, 0) is 54.4 Å². The zero-order chi connectivity index (χ0) is 16.9. The number of thiophene rings is 1. The summed E-state index contributed by atoms with van der Waals surface area (Å²) in [6, 6.07) is 9.68. The first-order valence-corrected chi connectivity index (χ1v) is 8.37. The molecule has 0 amide bonds. The molecule has 3 aromatic rings. The number of ether oxygens (including phenoxy) is 1. The second-order valence-electron chi connectivity index (χ2n) is 5.28. The Kier molecular flexibility index (Phi) is 4.86. The molecule has 2 aromatic heterocycles. The van der Waals surface area contributed by atoms with Crippen molar-refractivity contribution in [1.29, 1.82) is 0 Å². The minimum Gasteiger partial charge on any atom is -0.449 e. The standard InChI is InChI=1S/C18H16N2O3S/c1-12-4-3-5-15(10-12)18-20-19-17(23-18)13(2)22-16(21)7-6-14-8-9-24-11-14/h3-11,13H,1-2H3/b7-6+. The van der Waals surface area contributed by atoms with Gasteiger partial charge in [0.1, 0.15) is 0 Å². The zero-order valence-corrected chi connectivity index (χ0v) is 14.1. The highest BCUT2D eigenvalue weighted by Gasteiger charge is 2.18. The molecule has 0 aliphatic heterocycles. The van der Waals surface area contributed by atoms with E-state index >= 15 is 0 Å². The summed E-state index contributed by atoms with van der Waals surface area (Å²) in [6.45, 7) is 3.69. The van der Waals surface area contributed by atoms with Crippen LogP contribution in [-0.2, 0) is 9.53 Å². The van der Waals surface area contributed by atoms with E-state index in [4.69, 9.17) is 9.15 Å². The first-order chi connectivity index (χ1) is 11.6. The lowest BCUT2D eigenvalue weighted by Crippen LogP contribution is -2.06. The van der Waals surface area contributed by atoms with Gasteiger partial charge in [0, 0.05) is 11.6 Å². The van der Waals surface area contributed by atoms with Crippen molar-refractivity contribution in [3.05, 3.63) is 64.2 Å². The Labute approximate surface area is 143 Å². The van der Waals surface area contributed by atoms with Gasteiger partial charge in [0.15, 0.2) is 6.10 Å². The SMILES string of the molecule is Cc1cccc(-c2nnc(C(C)OC(=O)/C=C/c3ccsc3)o2)c1. The Morgan fingerprint density at radius 3 is 2.96 bits per heavy atom. The normalized spacial score (nSPS) is 12.4. The number of aromatic nitrogens is 2. The van der Waals surface area contributed by atoms with Crippen molar-refractivity contribution in [1.82, 2.24) is 10.2 Å². The molecule has 6 heteroatoms. The minimum absolute atomic E-state index is 0.267. The number of rotatable bonds is 5. The molecule has 0 bridgehead atoms. The number of aryl methyl sites for hydroxylation is 1. The van der Waals surface area contributed by atoms with Crippen LogP contribution in [0.5, 0.6) is 0 Å². The Hall–Kier alpha value is -2.73. The number of benzene rings is 1. The number of nitrogens with zero attached hydrogens (tertiary/aromatic N) is 2. The molecule has 0 spiro atoms. The molecule has 0 saturated carbocycles. The highest BCUT2D eigenvalue weighted by Crippen LogP contribution is 2.23. The number of hydrogen-bond acceptors (Lipinski definition) is 6. The minimum atomic E-state index is -0.615. The fourth-order valence-corrected chi connectivity index (χ4v) is 2.72. The Morgan fingerprint density at radius 1 is 1.33 bits per heavy atom. The van der Waals surface area contributed by atoms with Crippen LogP contribution in [0, 0.1) is 6.92 Å². The van der Waals surface area contributed by atoms with Gasteiger partial charge in [-0.25, -0.2) is 4.79 Å². The first-order valence-electron chi connectivity index (χ1n) is 7.43. The predicted octanol–water partition coefficient (Wildman–Crippen LogP) is 4.42. The predicted molar refractivity (Wildman–Crippen MR) is 92.3 cm³/mol. The molecule has 0 radical (unpaired) electrons. The number of hydrogen-bond donors (Lipinski definition) is 0. The summed E-state index contributed by atoms with van der Waals surface area (Å²) in [4.78, 5) is 11.8. The van der Waals surface area contributed by atoms with Gasteiger partial charge < -0.3 is 9.15 Å². The summed E-state index contributed by atoms with van der Waals surface area (Å²) in [5, 5.41) is 11.9. The van der Waals surface area contributed by atoms with Gasteiger partial charge in [-0.15, -0.1) is 10.2 Å². The van der Waals surface area contributed by atoms with E-state index in [-0.39, 0.29) is 5.89 Å². The maximum atomic E-state index is 11.8. The van der Waals surface area contributed by atoms with Crippen molar-refractivity contribution < 1.29 is 13.9 Å². The van der Waals surface area contributed by atoms with Crippen molar-refractivity contribution in [3.8, 4) is 11.5 Å². The van der Waals surface area contributed by atoms with Gasteiger partial charge in [0.05, 0.1) is 0 Å². The monoisotopic (exact) mass is 340 g/mol. The van der Waals surface area contributed by atoms with Crippen LogP contribution in [0.3, 0.4) is 0 Å². The number of carbonyl (C=O) groups excluding carboxylic acids is 1. The molecule has 1 aromatic carbocycles. The van der Waals surface area contributed by atoms with E-state index in [0.29, 0.717) is 5.89 Å². The lowest BCUT2D eigenvalue weighted by atomic mass is 10.1. The zero-order valence-electron chi connectivity index (χ0n) is 13.3. The van der Waals surface area contributed by atoms with E-state index in [9.17, 15) is 4.79 Å². The highest BCUT2D eigenvalue weighted by molar-refractivity contribution is 7.08. The van der Waals surface area contributed by atoms with Gasteiger partial charge in [-0.1, -0.05) is 17.7 Å². The fraction of sp³-hybridized carbons (Fsp3) is 0.167. The molecule has 24 heavy (non-hydrogen) atoms. The summed E-state index contributed by atoms with van der Waals surface area (Å²) in [5.74, 6) is 0.221. The van der Waals surface area contributed by atoms with Gasteiger partial charge >= 0.3 is 5.97 Å². The molecule has 0 aliphatic rings. The molecule has 3 rings (SSSR count). The second kappa shape index (κ2) is 7.23. The summed E-state index contributed by atoms with van der Waals surface area (Å²) in [6.07, 6.45) is 2.48. The molecule has 0 saturated heterocycles. The van der Waals surface area contributed by atoms with Crippen molar-refractivity contribution in [3.63, 3.8) is 0 Å². The summed E-state index contributed by atoms with van der Waals surface area (Å²) < 4.78 is 10.9. The van der Waals surface area contributed by atoms with Crippen molar-refractivity contribution >= 4 is 23.4 Å². The van der Waals surface area contributed by atoms with Gasteiger partial charge in [-0.3, -0.25) is 0 Å². The van der Waals surface area contributed by atoms with E-state index in [0.717, 1.165) is 16.7 Å². The van der Waals surface area contributed by atoms with E-state index in [1.165, 1.54) is 6.08 Å². The van der Waals surface area contributed by atoms with E-state index in [2.05, 4.69) is 10.2 Å². The Morgan fingerprint density at radius 2 is 2.21 bits per heavy atom. The van der Waals surface area contributed by atoms with E-state index < -0.39 is 12.1 Å². The lowest BCUT2D eigenvalue weighted by molar-refractivity contribution is -0.143. The molecule has 0 N–H and O–H groups in total. The number of esters is 1. The molecular weight excluding hydrogens is 324 g/mol. The molecule has 122 valence electrons. The smallest absolute Gasteiger partial charge is 0.331 e. The van der Waals surface area contributed by atoms with Crippen LogP contribution >= 0.6 is 11.3 Å². The van der Waals surface area contributed by atoms with Crippen molar-refractivity contribution in [2.24, 2.45) is 0 Å². The molecule has 1 unspecified atom stereocenters. The van der Waals surface area contributed by atoms with Gasteiger partial charge in [0.2, 0.25) is 5.89 Å². The van der Waals surface area contributed by atoms with Crippen LogP contribution in [0.1, 0.15) is 30.0 Å². The van der Waals surface area contributed by atoms with Crippen molar-refractivity contribution in [2.75, 3.05) is 0 Å². The quantitative estimate of drug-likeness (QED) is 0.508. The fourth-order valence-electron chi connectivity index (χ4n) is 2.09. The van der Waals surface area contributed by atoms with Crippen LogP contribution in [-0.4, -0.2) is 16.2 Å². The summed E-state index contributed by atoms with van der Waals surface area (Å²) in [7, 11) is 0. The van der Waals surface area contributed by atoms with E-state index in [1.807, 2.05) is 48.0 Å². The number of carbonyl (C=O) groups is 1. The maximum absolute atomic E-state index is 11.8.